The van der Waals surface area contributed by atoms with Gasteiger partial charge >= 0.3 is 5.97 Å². The maximum Gasteiger partial charge on any atom is 0.338 e. The number of fused-ring (bicyclic) bond motifs is 1. The van der Waals surface area contributed by atoms with Gasteiger partial charge in [0.15, 0.2) is 0 Å². The summed E-state index contributed by atoms with van der Waals surface area (Å²) in [6, 6.07) is 5.57. The number of benzene rings is 1. The fraction of sp³-hybridized carbons (Fsp3) is 0.462. The van der Waals surface area contributed by atoms with Crippen molar-refractivity contribution in [2.75, 3.05) is 0 Å². The minimum absolute atomic E-state index is 0.227. The Kier molecular flexibility index (Phi) is 2.54. The Bertz CT molecular complexity index is 605. The lowest BCUT2D eigenvalue weighted by atomic mass is 10.1. The Balaban J connectivity index is 2.10. The number of carboxylic acids is 1. The molecule has 0 amide bonds. The van der Waals surface area contributed by atoms with Gasteiger partial charge in [-0.05, 0) is 37.3 Å². The monoisotopic (exact) mass is 245 g/mol. The van der Waals surface area contributed by atoms with Crippen LogP contribution in [0.25, 0.3) is 11.0 Å². The highest BCUT2D eigenvalue weighted by Crippen LogP contribution is 2.35. The second-order valence-electron chi connectivity index (χ2n) is 5.08. The van der Waals surface area contributed by atoms with Crippen molar-refractivity contribution in [1.29, 1.82) is 0 Å². The van der Waals surface area contributed by atoms with Crippen LogP contribution in [-0.4, -0.2) is 26.1 Å². The fourth-order valence-corrected chi connectivity index (χ4v) is 2.80. The molecule has 0 saturated heterocycles. The molecule has 0 radical (unpaired) electrons. The normalized spacial score (nSPS) is 23.6. The highest BCUT2D eigenvalue weighted by molar-refractivity contribution is 6.00. The van der Waals surface area contributed by atoms with Crippen molar-refractivity contribution < 1.29 is 9.90 Å². The minimum Gasteiger partial charge on any atom is -0.478 e. The van der Waals surface area contributed by atoms with Gasteiger partial charge in [0.05, 0.1) is 17.1 Å². The van der Waals surface area contributed by atoms with Crippen LogP contribution in [0.15, 0.2) is 18.2 Å². The van der Waals surface area contributed by atoms with Gasteiger partial charge in [-0.2, -0.15) is 0 Å². The third-order valence-corrected chi connectivity index (χ3v) is 3.75. The van der Waals surface area contributed by atoms with Crippen molar-refractivity contribution in [1.82, 2.24) is 15.0 Å². The summed E-state index contributed by atoms with van der Waals surface area (Å²) in [7, 11) is 0. The third-order valence-electron chi connectivity index (χ3n) is 3.75. The summed E-state index contributed by atoms with van der Waals surface area (Å²) in [5, 5.41) is 17.3. The molecule has 3 rings (SSSR count). The first-order chi connectivity index (χ1) is 8.66. The van der Waals surface area contributed by atoms with E-state index in [2.05, 4.69) is 17.2 Å². The van der Waals surface area contributed by atoms with Gasteiger partial charge in [-0.15, -0.1) is 5.10 Å². The lowest BCUT2D eigenvalue weighted by Crippen LogP contribution is -2.07. The number of aromatic nitrogens is 3. The molecule has 94 valence electrons. The Labute approximate surface area is 104 Å². The van der Waals surface area contributed by atoms with Gasteiger partial charge in [-0.3, -0.25) is 0 Å². The summed E-state index contributed by atoms with van der Waals surface area (Å²) in [5.74, 6) is -0.246. The average molecular weight is 245 g/mol. The lowest BCUT2D eigenvalue weighted by molar-refractivity contribution is 0.0699. The van der Waals surface area contributed by atoms with Crippen molar-refractivity contribution in [3.8, 4) is 0 Å². The molecule has 2 aromatic rings. The SMILES string of the molecule is CC1CCC(n2nnc3c(C(=O)O)cccc32)C1. The van der Waals surface area contributed by atoms with Crippen LogP contribution in [0, 0.1) is 5.92 Å². The van der Waals surface area contributed by atoms with Gasteiger partial charge in [-0.1, -0.05) is 18.2 Å². The molecule has 1 aliphatic rings. The van der Waals surface area contributed by atoms with Crippen molar-refractivity contribution >= 4 is 17.0 Å². The molecule has 1 fully saturated rings. The van der Waals surface area contributed by atoms with E-state index < -0.39 is 5.97 Å². The molecule has 1 N–H and O–H groups in total. The molecule has 2 atom stereocenters. The van der Waals surface area contributed by atoms with E-state index >= 15 is 0 Å². The van der Waals surface area contributed by atoms with Gasteiger partial charge in [0, 0.05) is 0 Å². The third kappa shape index (κ3) is 1.66. The first-order valence-electron chi connectivity index (χ1n) is 6.24. The summed E-state index contributed by atoms with van der Waals surface area (Å²) in [5.41, 5.74) is 1.54. The topological polar surface area (TPSA) is 68.0 Å². The fourth-order valence-electron chi connectivity index (χ4n) is 2.80. The summed E-state index contributed by atoms with van der Waals surface area (Å²) < 4.78 is 1.89. The van der Waals surface area contributed by atoms with Gasteiger partial charge < -0.3 is 5.11 Å². The number of aromatic carboxylic acids is 1. The van der Waals surface area contributed by atoms with Crippen LogP contribution < -0.4 is 0 Å². The highest BCUT2D eigenvalue weighted by atomic mass is 16.4. The van der Waals surface area contributed by atoms with Crippen LogP contribution in [0.2, 0.25) is 0 Å². The van der Waals surface area contributed by atoms with Gasteiger partial charge in [0.1, 0.15) is 5.52 Å². The van der Waals surface area contributed by atoms with Crippen LogP contribution >= 0.6 is 0 Å². The summed E-state index contributed by atoms with van der Waals surface area (Å²) in [6.45, 7) is 2.24. The Hall–Kier alpha value is -1.91. The maximum absolute atomic E-state index is 11.1. The molecule has 0 aliphatic heterocycles. The van der Waals surface area contributed by atoms with E-state index in [1.54, 1.807) is 12.1 Å². The summed E-state index contributed by atoms with van der Waals surface area (Å²) in [6.07, 6.45) is 3.39. The maximum atomic E-state index is 11.1. The molecule has 1 aromatic carbocycles. The molecule has 1 aliphatic carbocycles. The van der Waals surface area contributed by atoms with E-state index in [-0.39, 0.29) is 5.56 Å². The van der Waals surface area contributed by atoms with Crippen molar-refractivity contribution in [2.45, 2.75) is 32.2 Å². The number of hydrogen-bond donors (Lipinski definition) is 1. The second-order valence-corrected chi connectivity index (χ2v) is 5.08. The second kappa shape index (κ2) is 4.08. The van der Waals surface area contributed by atoms with Crippen molar-refractivity contribution in [2.24, 2.45) is 5.92 Å². The number of rotatable bonds is 2. The van der Waals surface area contributed by atoms with E-state index in [4.69, 9.17) is 5.11 Å². The van der Waals surface area contributed by atoms with E-state index in [1.807, 2.05) is 10.7 Å². The zero-order valence-corrected chi connectivity index (χ0v) is 10.2. The Morgan fingerprint density at radius 1 is 1.44 bits per heavy atom. The van der Waals surface area contributed by atoms with E-state index in [1.165, 1.54) is 6.42 Å². The molecule has 5 nitrogen and oxygen atoms in total. The molecule has 0 bridgehead atoms. The van der Waals surface area contributed by atoms with Gasteiger partial charge in [0.2, 0.25) is 0 Å². The smallest absolute Gasteiger partial charge is 0.338 e. The molecular formula is C13H15N3O2. The number of carbonyl (C=O) groups is 1. The molecule has 1 saturated carbocycles. The predicted octanol–water partition coefficient (Wildman–Crippen LogP) is 2.49. The molecule has 5 heteroatoms. The molecule has 2 unspecified atom stereocenters. The highest BCUT2D eigenvalue weighted by Gasteiger charge is 2.25. The zero-order chi connectivity index (χ0) is 12.7. The quantitative estimate of drug-likeness (QED) is 0.882. The first kappa shape index (κ1) is 11.2. The zero-order valence-electron chi connectivity index (χ0n) is 10.2. The van der Waals surface area contributed by atoms with Gasteiger partial charge in [0.25, 0.3) is 0 Å². The standard InChI is InChI=1S/C13H15N3O2/c1-8-5-6-9(7-8)16-11-4-2-3-10(13(17)18)12(11)14-15-16/h2-4,8-9H,5-7H2,1H3,(H,17,18). The molecule has 0 spiro atoms. The number of carboxylic acid groups (broad SMARTS) is 1. The first-order valence-corrected chi connectivity index (χ1v) is 6.24. The van der Waals surface area contributed by atoms with Crippen LogP contribution in [-0.2, 0) is 0 Å². The number of nitrogens with zero attached hydrogens (tertiary/aromatic N) is 3. The summed E-state index contributed by atoms with van der Waals surface area (Å²) in [4.78, 5) is 11.1. The molecule has 18 heavy (non-hydrogen) atoms. The van der Waals surface area contributed by atoms with Crippen LogP contribution in [0.5, 0.6) is 0 Å². The van der Waals surface area contributed by atoms with E-state index in [0.717, 1.165) is 18.4 Å². The van der Waals surface area contributed by atoms with Crippen LogP contribution in [0.4, 0.5) is 0 Å². The largest absolute Gasteiger partial charge is 0.478 e. The van der Waals surface area contributed by atoms with Crippen molar-refractivity contribution in [3.05, 3.63) is 23.8 Å². The van der Waals surface area contributed by atoms with E-state index in [9.17, 15) is 4.79 Å². The summed E-state index contributed by atoms with van der Waals surface area (Å²) >= 11 is 0. The van der Waals surface area contributed by atoms with Crippen LogP contribution in [0.1, 0.15) is 42.6 Å². The van der Waals surface area contributed by atoms with Crippen LogP contribution in [0.3, 0.4) is 0 Å². The average Bonchev–Trinajstić information content (AvgIpc) is 2.93. The minimum atomic E-state index is -0.951. The van der Waals surface area contributed by atoms with Crippen molar-refractivity contribution in [3.63, 3.8) is 0 Å². The number of hydrogen-bond acceptors (Lipinski definition) is 3. The Morgan fingerprint density at radius 2 is 2.28 bits per heavy atom. The molecular weight excluding hydrogens is 230 g/mol. The predicted molar refractivity (Wildman–Crippen MR) is 66.5 cm³/mol. The Morgan fingerprint density at radius 3 is 2.94 bits per heavy atom. The van der Waals surface area contributed by atoms with E-state index in [0.29, 0.717) is 17.5 Å². The molecule has 1 aromatic heterocycles. The molecule has 1 heterocycles. The van der Waals surface area contributed by atoms with Gasteiger partial charge in [-0.25, -0.2) is 9.48 Å². The lowest BCUT2D eigenvalue weighted by Gasteiger charge is -2.10.